The van der Waals surface area contributed by atoms with E-state index in [-0.39, 0.29) is 18.6 Å². The second-order valence-corrected chi connectivity index (χ2v) is 6.91. The molecule has 0 spiro atoms. The SMILES string of the molecule is NC(=O)Cn1ccc2c(OC3CCN(Cc4cccnn4)CC3)cccc21. The number of piperidine rings is 1. The zero-order chi connectivity index (χ0) is 18.6. The molecule has 4 rings (SSSR count). The predicted molar refractivity (Wildman–Crippen MR) is 102 cm³/mol. The van der Waals surface area contributed by atoms with Crippen molar-refractivity contribution in [2.75, 3.05) is 13.1 Å². The first kappa shape index (κ1) is 17.5. The number of fused-ring (bicyclic) bond motifs is 1. The summed E-state index contributed by atoms with van der Waals surface area (Å²) >= 11 is 0. The molecule has 0 unspecified atom stereocenters. The van der Waals surface area contributed by atoms with Crippen LogP contribution < -0.4 is 10.5 Å². The van der Waals surface area contributed by atoms with Crippen LogP contribution in [0.5, 0.6) is 5.75 Å². The number of hydrogen-bond acceptors (Lipinski definition) is 5. The molecule has 3 aromatic rings. The van der Waals surface area contributed by atoms with Crippen LogP contribution in [0.3, 0.4) is 0 Å². The van der Waals surface area contributed by atoms with Crippen molar-refractivity contribution >= 4 is 16.8 Å². The summed E-state index contributed by atoms with van der Waals surface area (Å²) in [5.74, 6) is 0.511. The summed E-state index contributed by atoms with van der Waals surface area (Å²) in [5, 5.41) is 9.11. The highest BCUT2D eigenvalue weighted by Crippen LogP contribution is 2.29. The van der Waals surface area contributed by atoms with Gasteiger partial charge in [-0.05, 0) is 43.2 Å². The van der Waals surface area contributed by atoms with Gasteiger partial charge in [0.15, 0.2) is 0 Å². The van der Waals surface area contributed by atoms with Gasteiger partial charge in [0.05, 0.1) is 11.2 Å². The Balaban J connectivity index is 1.39. The van der Waals surface area contributed by atoms with Crippen molar-refractivity contribution in [3.05, 3.63) is 54.5 Å². The van der Waals surface area contributed by atoms with E-state index in [0.29, 0.717) is 0 Å². The summed E-state index contributed by atoms with van der Waals surface area (Å²) in [6.45, 7) is 2.94. The van der Waals surface area contributed by atoms with Crippen molar-refractivity contribution in [3.8, 4) is 5.75 Å². The second kappa shape index (κ2) is 7.75. The number of hydrogen-bond donors (Lipinski definition) is 1. The Morgan fingerprint density at radius 1 is 1.19 bits per heavy atom. The van der Waals surface area contributed by atoms with Crippen molar-refractivity contribution in [2.45, 2.75) is 32.0 Å². The van der Waals surface area contributed by atoms with Crippen LogP contribution in [0.15, 0.2) is 48.8 Å². The van der Waals surface area contributed by atoms with E-state index in [1.807, 2.05) is 47.2 Å². The summed E-state index contributed by atoms with van der Waals surface area (Å²) in [5.41, 5.74) is 7.29. The molecular weight excluding hydrogens is 342 g/mol. The molecule has 1 fully saturated rings. The first-order chi connectivity index (χ1) is 13.2. The topological polar surface area (TPSA) is 86.3 Å². The van der Waals surface area contributed by atoms with Gasteiger partial charge in [-0.15, -0.1) is 0 Å². The van der Waals surface area contributed by atoms with Gasteiger partial charge in [0, 0.05) is 37.4 Å². The molecule has 3 heterocycles. The highest BCUT2D eigenvalue weighted by molar-refractivity contribution is 5.87. The third kappa shape index (κ3) is 4.09. The van der Waals surface area contributed by atoms with Crippen molar-refractivity contribution < 1.29 is 9.53 Å². The van der Waals surface area contributed by atoms with E-state index in [9.17, 15) is 4.79 Å². The predicted octanol–water partition coefficient (Wildman–Crippen LogP) is 1.96. The summed E-state index contributed by atoms with van der Waals surface area (Å²) in [7, 11) is 0. The zero-order valence-corrected chi connectivity index (χ0v) is 15.1. The van der Waals surface area contributed by atoms with Gasteiger partial charge in [-0.3, -0.25) is 9.69 Å². The van der Waals surface area contributed by atoms with Crippen LogP contribution in [-0.2, 0) is 17.9 Å². The van der Waals surface area contributed by atoms with Crippen LogP contribution in [0, 0.1) is 0 Å². The molecule has 1 aliphatic rings. The molecule has 2 aromatic heterocycles. The van der Waals surface area contributed by atoms with Crippen molar-refractivity contribution in [3.63, 3.8) is 0 Å². The van der Waals surface area contributed by atoms with Gasteiger partial charge in [-0.1, -0.05) is 6.07 Å². The lowest BCUT2D eigenvalue weighted by molar-refractivity contribution is -0.118. The molecule has 1 saturated heterocycles. The fourth-order valence-corrected chi connectivity index (χ4v) is 3.62. The molecule has 7 heteroatoms. The highest BCUT2D eigenvalue weighted by Gasteiger charge is 2.22. The van der Waals surface area contributed by atoms with E-state index >= 15 is 0 Å². The first-order valence-electron chi connectivity index (χ1n) is 9.21. The Labute approximate surface area is 157 Å². The molecule has 2 N–H and O–H groups in total. The number of ether oxygens (including phenoxy) is 1. The molecular formula is C20H23N5O2. The average Bonchev–Trinajstić information content (AvgIpc) is 3.08. The number of likely N-dealkylation sites (tertiary alicyclic amines) is 1. The molecule has 0 atom stereocenters. The Morgan fingerprint density at radius 3 is 2.78 bits per heavy atom. The maximum absolute atomic E-state index is 11.2. The number of benzene rings is 1. The summed E-state index contributed by atoms with van der Waals surface area (Å²) in [6, 6.07) is 11.8. The van der Waals surface area contributed by atoms with E-state index in [1.165, 1.54) is 0 Å². The molecule has 27 heavy (non-hydrogen) atoms. The lowest BCUT2D eigenvalue weighted by Crippen LogP contribution is -2.38. The molecule has 1 amide bonds. The Morgan fingerprint density at radius 2 is 2.04 bits per heavy atom. The maximum atomic E-state index is 11.2. The lowest BCUT2D eigenvalue weighted by atomic mass is 10.1. The van der Waals surface area contributed by atoms with Crippen LogP contribution in [0.2, 0.25) is 0 Å². The molecule has 0 bridgehead atoms. The van der Waals surface area contributed by atoms with Crippen LogP contribution in [0.1, 0.15) is 18.5 Å². The second-order valence-electron chi connectivity index (χ2n) is 6.91. The van der Waals surface area contributed by atoms with Gasteiger partial charge in [0.25, 0.3) is 0 Å². The smallest absolute Gasteiger partial charge is 0.237 e. The van der Waals surface area contributed by atoms with E-state index in [4.69, 9.17) is 10.5 Å². The highest BCUT2D eigenvalue weighted by atomic mass is 16.5. The fourth-order valence-electron chi connectivity index (χ4n) is 3.62. The number of carbonyl (C=O) groups is 1. The van der Waals surface area contributed by atoms with Gasteiger partial charge in [-0.25, -0.2) is 0 Å². The van der Waals surface area contributed by atoms with E-state index in [2.05, 4.69) is 15.1 Å². The van der Waals surface area contributed by atoms with E-state index in [0.717, 1.165) is 54.8 Å². The van der Waals surface area contributed by atoms with Gasteiger partial charge in [0.2, 0.25) is 5.91 Å². The number of rotatable bonds is 6. The van der Waals surface area contributed by atoms with Crippen LogP contribution in [0.4, 0.5) is 0 Å². The van der Waals surface area contributed by atoms with Crippen molar-refractivity contribution in [2.24, 2.45) is 5.73 Å². The molecule has 140 valence electrons. The quantitative estimate of drug-likeness (QED) is 0.722. The van der Waals surface area contributed by atoms with Gasteiger partial charge in [0.1, 0.15) is 18.4 Å². The summed E-state index contributed by atoms with van der Waals surface area (Å²) in [6.07, 6.45) is 5.71. The fraction of sp³-hybridized carbons (Fsp3) is 0.350. The molecule has 7 nitrogen and oxygen atoms in total. The number of nitrogens with two attached hydrogens (primary N) is 1. The Hall–Kier alpha value is -2.93. The Kier molecular flexibility index (Phi) is 5.02. The molecule has 0 radical (unpaired) electrons. The number of amides is 1. The minimum absolute atomic E-state index is 0.174. The molecule has 0 aliphatic carbocycles. The van der Waals surface area contributed by atoms with Crippen LogP contribution in [-0.4, -0.2) is 44.8 Å². The lowest BCUT2D eigenvalue weighted by Gasteiger charge is -2.31. The zero-order valence-electron chi connectivity index (χ0n) is 15.1. The number of primary amides is 1. The number of carbonyl (C=O) groups excluding carboxylic acids is 1. The first-order valence-corrected chi connectivity index (χ1v) is 9.21. The molecule has 1 aliphatic heterocycles. The third-order valence-corrected chi connectivity index (χ3v) is 4.94. The largest absolute Gasteiger partial charge is 0.490 e. The van der Waals surface area contributed by atoms with E-state index in [1.54, 1.807) is 6.20 Å². The average molecular weight is 365 g/mol. The summed E-state index contributed by atoms with van der Waals surface area (Å²) < 4.78 is 8.16. The third-order valence-electron chi connectivity index (χ3n) is 4.94. The van der Waals surface area contributed by atoms with Crippen LogP contribution >= 0.6 is 0 Å². The van der Waals surface area contributed by atoms with Gasteiger partial charge < -0.3 is 15.0 Å². The van der Waals surface area contributed by atoms with Crippen LogP contribution in [0.25, 0.3) is 10.9 Å². The standard InChI is InChI=1S/C20H23N5O2/c21-20(26)14-25-12-8-17-18(25)4-1-5-19(17)27-16-6-10-24(11-7-16)13-15-3-2-9-22-23-15/h1-5,8-9,12,16H,6-7,10-11,13-14H2,(H2,21,26). The van der Waals surface area contributed by atoms with Gasteiger partial charge >= 0.3 is 0 Å². The number of nitrogens with zero attached hydrogens (tertiary/aromatic N) is 4. The minimum atomic E-state index is -0.353. The van der Waals surface area contributed by atoms with Crippen molar-refractivity contribution in [1.82, 2.24) is 19.7 Å². The maximum Gasteiger partial charge on any atom is 0.237 e. The van der Waals surface area contributed by atoms with E-state index < -0.39 is 0 Å². The Bertz CT molecular complexity index is 917. The normalized spacial score (nSPS) is 15.9. The monoisotopic (exact) mass is 365 g/mol. The molecule has 0 saturated carbocycles. The van der Waals surface area contributed by atoms with Gasteiger partial charge in [-0.2, -0.15) is 10.2 Å². The molecule has 1 aromatic carbocycles. The van der Waals surface area contributed by atoms with Crippen molar-refractivity contribution in [1.29, 1.82) is 0 Å². The summed E-state index contributed by atoms with van der Waals surface area (Å²) in [4.78, 5) is 13.6. The minimum Gasteiger partial charge on any atom is -0.490 e. The number of aromatic nitrogens is 3.